The van der Waals surface area contributed by atoms with Crippen molar-refractivity contribution in [1.82, 2.24) is 19.9 Å². The Bertz CT molecular complexity index is 1320. The maximum atomic E-state index is 14.5. The van der Waals surface area contributed by atoms with Gasteiger partial charge >= 0.3 is 6.01 Å². The lowest BCUT2D eigenvalue weighted by Gasteiger charge is -2.26. The zero-order valence-electron chi connectivity index (χ0n) is 19.9. The molecule has 3 fully saturated rings. The molecule has 4 heterocycles. The van der Waals surface area contributed by atoms with Gasteiger partial charge in [-0.1, -0.05) is 0 Å². The molecule has 2 unspecified atom stereocenters. The van der Waals surface area contributed by atoms with Crippen LogP contribution in [0.4, 0.5) is 21.8 Å². The molecule has 7 rings (SSSR count). The van der Waals surface area contributed by atoms with Gasteiger partial charge in [0.05, 0.1) is 31.3 Å². The van der Waals surface area contributed by atoms with E-state index in [1.54, 1.807) is 25.5 Å². The summed E-state index contributed by atoms with van der Waals surface area (Å²) in [5.74, 6) is 2.53. The van der Waals surface area contributed by atoms with E-state index in [-0.39, 0.29) is 17.9 Å². The molecule has 2 saturated heterocycles. The molecule has 0 radical (unpaired) electrons. The van der Waals surface area contributed by atoms with Crippen molar-refractivity contribution in [1.29, 1.82) is 0 Å². The van der Waals surface area contributed by atoms with Gasteiger partial charge in [-0.25, -0.2) is 14.4 Å². The monoisotopic (exact) mass is 490 g/mol. The van der Waals surface area contributed by atoms with Gasteiger partial charge in [-0.15, -0.1) is 0 Å². The maximum absolute atomic E-state index is 14.5. The molecular formula is C25H27FN8O2. The van der Waals surface area contributed by atoms with E-state index < -0.39 is 0 Å². The topological polar surface area (TPSA) is 115 Å². The second-order valence-corrected chi connectivity index (χ2v) is 9.79. The highest BCUT2D eigenvalue weighted by Gasteiger charge is 2.54. The number of hydrogen-bond donors (Lipinski definition) is 2. The molecule has 4 aliphatic rings. The molecule has 36 heavy (non-hydrogen) atoms. The average Bonchev–Trinajstić information content (AvgIpc) is 3.23. The van der Waals surface area contributed by atoms with Crippen LogP contribution in [0.5, 0.6) is 11.8 Å². The van der Waals surface area contributed by atoms with Gasteiger partial charge in [0, 0.05) is 56.9 Å². The van der Waals surface area contributed by atoms with Gasteiger partial charge in [0.2, 0.25) is 5.95 Å². The first-order valence-electron chi connectivity index (χ1n) is 12.3. The summed E-state index contributed by atoms with van der Waals surface area (Å²) in [5, 5.41) is 3.12. The van der Waals surface area contributed by atoms with Crippen LogP contribution in [0.1, 0.15) is 11.3 Å². The molecule has 2 atom stereocenters. The van der Waals surface area contributed by atoms with E-state index in [0.717, 1.165) is 60.1 Å². The molecule has 1 aromatic carbocycles. The number of halogens is 1. The fourth-order valence-corrected chi connectivity index (χ4v) is 5.73. The van der Waals surface area contributed by atoms with E-state index in [1.807, 2.05) is 0 Å². The van der Waals surface area contributed by atoms with Gasteiger partial charge in [-0.3, -0.25) is 0 Å². The number of piperidine rings is 1. The summed E-state index contributed by atoms with van der Waals surface area (Å²) in [7, 11) is 1.80. The Balaban J connectivity index is 1.23. The molecule has 1 saturated carbocycles. The van der Waals surface area contributed by atoms with E-state index in [4.69, 9.17) is 25.2 Å². The molecule has 10 nitrogen and oxygen atoms in total. The van der Waals surface area contributed by atoms with Crippen molar-refractivity contribution in [2.75, 3.05) is 61.6 Å². The first kappa shape index (κ1) is 21.7. The Morgan fingerprint density at radius 1 is 1.08 bits per heavy atom. The number of rotatable bonds is 5. The van der Waals surface area contributed by atoms with Crippen molar-refractivity contribution in [2.24, 2.45) is 17.6 Å². The van der Waals surface area contributed by atoms with Gasteiger partial charge in [0.15, 0.2) is 5.75 Å². The van der Waals surface area contributed by atoms with Crippen molar-refractivity contribution >= 4 is 17.5 Å². The highest BCUT2D eigenvalue weighted by molar-refractivity contribution is 5.88. The summed E-state index contributed by atoms with van der Waals surface area (Å²) < 4.78 is 26.0. The van der Waals surface area contributed by atoms with Gasteiger partial charge in [-0.05, 0) is 35.1 Å². The molecule has 0 bridgehead atoms. The minimum atomic E-state index is -0.291. The summed E-state index contributed by atoms with van der Waals surface area (Å²) in [4.78, 5) is 22.8. The Kier molecular flexibility index (Phi) is 4.97. The van der Waals surface area contributed by atoms with Gasteiger partial charge in [-0.2, -0.15) is 9.97 Å². The number of anilines is 3. The van der Waals surface area contributed by atoms with Crippen LogP contribution in [-0.2, 0) is 11.2 Å². The number of morpholine rings is 1. The SMILES string of the molecule is CNc1cc(F)cc2c1Cc1nc(Oc3cnc(N4CCOCC4)nc3)nc(N3CC4C(N)C4C3)c1-2. The fraction of sp³-hybridized carbons (Fsp3) is 0.440. The zero-order valence-corrected chi connectivity index (χ0v) is 19.9. The number of hydrogen-bond acceptors (Lipinski definition) is 10. The zero-order chi connectivity index (χ0) is 24.4. The van der Waals surface area contributed by atoms with Crippen molar-refractivity contribution < 1.29 is 13.9 Å². The van der Waals surface area contributed by atoms with Crippen molar-refractivity contribution in [2.45, 2.75) is 12.5 Å². The molecule has 0 amide bonds. The van der Waals surface area contributed by atoms with Crippen LogP contribution in [0.15, 0.2) is 24.5 Å². The van der Waals surface area contributed by atoms with Crippen LogP contribution in [0.3, 0.4) is 0 Å². The minimum Gasteiger partial charge on any atom is -0.421 e. The van der Waals surface area contributed by atoms with Crippen LogP contribution in [-0.4, -0.2) is 72.4 Å². The summed E-state index contributed by atoms with van der Waals surface area (Å²) >= 11 is 0. The molecule has 3 aromatic rings. The van der Waals surface area contributed by atoms with Gasteiger partial charge in [0.25, 0.3) is 0 Å². The van der Waals surface area contributed by atoms with E-state index in [1.165, 1.54) is 6.07 Å². The lowest BCUT2D eigenvalue weighted by molar-refractivity contribution is 0.122. The summed E-state index contributed by atoms with van der Waals surface area (Å²) in [5.41, 5.74) is 10.5. The molecule has 11 heteroatoms. The predicted molar refractivity (Wildman–Crippen MR) is 132 cm³/mol. The molecule has 2 aliphatic heterocycles. The minimum absolute atomic E-state index is 0.232. The Morgan fingerprint density at radius 2 is 1.83 bits per heavy atom. The molecular weight excluding hydrogens is 463 g/mol. The number of aromatic nitrogens is 4. The number of nitrogens with two attached hydrogens (primary N) is 1. The second-order valence-electron chi connectivity index (χ2n) is 9.79. The molecule has 186 valence electrons. The predicted octanol–water partition coefficient (Wildman–Crippen LogP) is 2.04. The summed E-state index contributed by atoms with van der Waals surface area (Å²) in [6, 6.07) is 3.59. The van der Waals surface area contributed by atoms with Crippen LogP contribution in [0, 0.1) is 17.7 Å². The number of fused-ring (bicyclic) bond motifs is 4. The highest BCUT2D eigenvalue weighted by Crippen LogP contribution is 2.50. The van der Waals surface area contributed by atoms with Crippen LogP contribution >= 0.6 is 0 Å². The van der Waals surface area contributed by atoms with E-state index in [0.29, 0.717) is 43.2 Å². The second kappa shape index (κ2) is 8.24. The van der Waals surface area contributed by atoms with Gasteiger partial charge in [0.1, 0.15) is 11.6 Å². The van der Waals surface area contributed by atoms with E-state index >= 15 is 0 Å². The lowest BCUT2D eigenvalue weighted by atomic mass is 10.0. The fourth-order valence-electron chi connectivity index (χ4n) is 5.73. The summed E-state index contributed by atoms with van der Waals surface area (Å²) in [6.45, 7) is 4.50. The van der Waals surface area contributed by atoms with Crippen molar-refractivity contribution in [3.05, 3.63) is 41.6 Å². The maximum Gasteiger partial charge on any atom is 0.324 e. The summed E-state index contributed by atoms with van der Waals surface area (Å²) in [6.07, 6.45) is 3.85. The number of nitrogens with zero attached hydrogens (tertiary/aromatic N) is 6. The number of ether oxygens (including phenoxy) is 2. The Labute approximate surface area is 207 Å². The standard InChI is InChI=1S/C25H27FN8O2/c1-28-19-7-13(26)6-16-15(19)8-20-21(16)23(34-11-17-18(12-34)22(17)27)32-25(31-20)36-14-9-29-24(30-10-14)33-2-4-35-5-3-33/h6-7,9-10,17-18,22,28H,2-5,8,11-12,27H2,1H3. The third kappa shape index (κ3) is 3.53. The Hall–Kier alpha value is -3.57. The van der Waals surface area contributed by atoms with Crippen LogP contribution < -0.4 is 25.6 Å². The van der Waals surface area contributed by atoms with Crippen molar-refractivity contribution in [3.8, 4) is 22.9 Å². The quantitative estimate of drug-likeness (QED) is 0.431. The van der Waals surface area contributed by atoms with Crippen molar-refractivity contribution in [3.63, 3.8) is 0 Å². The first-order chi connectivity index (χ1) is 17.6. The van der Waals surface area contributed by atoms with E-state index in [9.17, 15) is 4.39 Å². The van der Waals surface area contributed by atoms with Gasteiger partial charge < -0.3 is 30.3 Å². The normalized spacial score (nSPS) is 23.8. The smallest absolute Gasteiger partial charge is 0.324 e. The van der Waals surface area contributed by atoms with Crippen LogP contribution in [0.25, 0.3) is 11.1 Å². The Morgan fingerprint density at radius 3 is 2.56 bits per heavy atom. The largest absolute Gasteiger partial charge is 0.421 e. The van der Waals surface area contributed by atoms with Crippen LogP contribution in [0.2, 0.25) is 0 Å². The third-order valence-electron chi connectivity index (χ3n) is 7.72. The first-order valence-corrected chi connectivity index (χ1v) is 12.3. The molecule has 2 aromatic heterocycles. The molecule has 2 aliphatic carbocycles. The highest BCUT2D eigenvalue weighted by atomic mass is 19.1. The average molecular weight is 491 g/mol. The lowest BCUT2D eigenvalue weighted by Crippen LogP contribution is -2.37. The number of benzene rings is 1. The van der Waals surface area contributed by atoms with E-state index in [2.05, 4.69) is 25.1 Å². The third-order valence-corrected chi connectivity index (χ3v) is 7.72. The number of nitrogens with one attached hydrogen (secondary N) is 1. The molecule has 3 N–H and O–H groups in total. The molecule has 0 spiro atoms.